The SMILES string of the molecule is COc1cc2ccc3c4cc5ccccc5cc4ccc3c2o1. The lowest BCUT2D eigenvalue weighted by Gasteiger charge is -2.06. The van der Waals surface area contributed by atoms with Gasteiger partial charge in [-0.1, -0.05) is 42.5 Å². The minimum Gasteiger partial charge on any atom is -0.468 e. The van der Waals surface area contributed by atoms with E-state index in [0.29, 0.717) is 5.95 Å². The maximum atomic E-state index is 5.84. The van der Waals surface area contributed by atoms with Crippen LogP contribution in [0.25, 0.3) is 43.3 Å². The van der Waals surface area contributed by atoms with Crippen molar-refractivity contribution < 1.29 is 9.15 Å². The first-order valence-electron chi connectivity index (χ1n) is 7.65. The molecule has 2 heteroatoms. The quantitative estimate of drug-likeness (QED) is 0.284. The summed E-state index contributed by atoms with van der Waals surface area (Å²) in [6, 6.07) is 23.5. The average molecular weight is 298 g/mol. The molecule has 0 unspecified atom stereocenters. The highest BCUT2D eigenvalue weighted by molar-refractivity contribution is 6.18. The number of fused-ring (bicyclic) bond motifs is 6. The van der Waals surface area contributed by atoms with Crippen molar-refractivity contribution in [2.45, 2.75) is 0 Å². The monoisotopic (exact) mass is 298 g/mol. The van der Waals surface area contributed by atoms with Crippen molar-refractivity contribution in [3.05, 3.63) is 66.7 Å². The molecular weight excluding hydrogens is 284 g/mol. The van der Waals surface area contributed by atoms with Crippen LogP contribution in [0.15, 0.2) is 71.1 Å². The summed E-state index contributed by atoms with van der Waals surface area (Å²) in [6.45, 7) is 0. The fraction of sp³-hybridized carbons (Fsp3) is 0.0476. The summed E-state index contributed by atoms with van der Waals surface area (Å²) in [5.41, 5.74) is 0.884. The molecule has 0 aliphatic carbocycles. The van der Waals surface area contributed by atoms with Gasteiger partial charge in [0, 0.05) is 16.8 Å². The van der Waals surface area contributed by atoms with E-state index in [9.17, 15) is 0 Å². The zero-order valence-corrected chi connectivity index (χ0v) is 12.7. The molecule has 0 radical (unpaired) electrons. The Morgan fingerprint density at radius 3 is 2.22 bits per heavy atom. The van der Waals surface area contributed by atoms with E-state index in [1.165, 1.54) is 26.9 Å². The molecule has 0 fully saturated rings. The molecule has 1 heterocycles. The van der Waals surface area contributed by atoms with Crippen LogP contribution >= 0.6 is 0 Å². The first-order chi connectivity index (χ1) is 11.3. The third-order valence-corrected chi connectivity index (χ3v) is 4.54. The number of hydrogen-bond donors (Lipinski definition) is 0. The Morgan fingerprint density at radius 2 is 1.39 bits per heavy atom. The summed E-state index contributed by atoms with van der Waals surface area (Å²) in [7, 11) is 1.63. The largest absolute Gasteiger partial charge is 0.468 e. The molecule has 5 aromatic rings. The van der Waals surface area contributed by atoms with Gasteiger partial charge >= 0.3 is 0 Å². The van der Waals surface area contributed by atoms with Gasteiger partial charge in [0.1, 0.15) is 5.58 Å². The predicted octanol–water partition coefficient (Wildman–Crippen LogP) is 5.90. The molecule has 0 bridgehead atoms. The number of ether oxygens (including phenoxy) is 1. The van der Waals surface area contributed by atoms with Crippen molar-refractivity contribution in [1.29, 1.82) is 0 Å². The third kappa shape index (κ3) is 1.75. The molecule has 0 saturated heterocycles. The highest BCUT2D eigenvalue weighted by Crippen LogP contribution is 2.36. The third-order valence-electron chi connectivity index (χ3n) is 4.54. The van der Waals surface area contributed by atoms with E-state index in [1.807, 2.05) is 6.07 Å². The van der Waals surface area contributed by atoms with Crippen LogP contribution in [0.1, 0.15) is 0 Å². The van der Waals surface area contributed by atoms with E-state index in [0.717, 1.165) is 16.4 Å². The lowest BCUT2D eigenvalue weighted by molar-refractivity contribution is 0.316. The summed E-state index contributed by atoms with van der Waals surface area (Å²) >= 11 is 0. The van der Waals surface area contributed by atoms with Gasteiger partial charge in [0.05, 0.1) is 7.11 Å². The molecule has 0 amide bonds. The fourth-order valence-corrected chi connectivity index (χ4v) is 3.40. The van der Waals surface area contributed by atoms with Gasteiger partial charge in [-0.25, -0.2) is 0 Å². The summed E-state index contributed by atoms with van der Waals surface area (Å²) in [5.74, 6) is 0.547. The van der Waals surface area contributed by atoms with E-state index in [1.54, 1.807) is 7.11 Å². The van der Waals surface area contributed by atoms with Crippen LogP contribution in [0.5, 0.6) is 5.95 Å². The molecule has 5 rings (SSSR count). The number of hydrogen-bond acceptors (Lipinski definition) is 2. The van der Waals surface area contributed by atoms with Crippen LogP contribution in [-0.2, 0) is 0 Å². The van der Waals surface area contributed by atoms with Crippen molar-refractivity contribution >= 4 is 43.3 Å². The Labute approximate surface area is 132 Å². The van der Waals surface area contributed by atoms with Gasteiger partial charge in [0.15, 0.2) is 0 Å². The lowest BCUT2D eigenvalue weighted by atomic mass is 9.97. The molecule has 0 saturated carbocycles. The summed E-state index contributed by atoms with van der Waals surface area (Å²) < 4.78 is 11.1. The second-order valence-electron chi connectivity index (χ2n) is 5.83. The number of benzene rings is 4. The Balaban J connectivity index is 1.96. The van der Waals surface area contributed by atoms with Gasteiger partial charge in [0.25, 0.3) is 5.95 Å². The van der Waals surface area contributed by atoms with Crippen molar-refractivity contribution in [2.24, 2.45) is 0 Å². The maximum absolute atomic E-state index is 5.84. The fourth-order valence-electron chi connectivity index (χ4n) is 3.40. The zero-order valence-electron chi connectivity index (χ0n) is 12.7. The maximum Gasteiger partial charge on any atom is 0.285 e. The van der Waals surface area contributed by atoms with Gasteiger partial charge in [0.2, 0.25) is 0 Å². The van der Waals surface area contributed by atoms with E-state index in [-0.39, 0.29) is 0 Å². The summed E-state index contributed by atoms with van der Waals surface area (Å²) in [4.78, 5) is 0. The van der Waals surface area contributed by atoms with Crippen LogP contribution in [0.2, 0.25) is 0 Å². The Bertz CT molecular complexity index is 1200. The standard InChI is InChI=1S/C21H14O2/c1-22-20-12-16-7-8-17-18(21(16)23-20)9-6-15-10-13-4-2-3-5-14(13)11-19(15)17/h2-12H,1H3. The minimum atomic E-state index is 0.547. The molecule has 2 nitrogen and oxygen atoms in total. The minimum absolute atomic E-state index is 0.547. The zero-order chi connectivity index (χ0) is 15.4. The second kappa shape index (κ2) is 4.50. The van der Waals surface area contributed by atoms with Gasteiger partial charge in [-0.15, -0.1) is 0 Å². The first kappa shape index (κ1) is 12.5. The summed E-state index contributed by atoms with van der Waals surface area (Å²) in [5, 5.41) is 8.40. The lowest BCUT2D eigenvalue weighted by Crippen LogP contribution is -1.80. The van der Waals surface area contributed by atoms with Gasteiger partial charge in [-0.3, -0.25) is 0 Å². The number of furan rings is 1. The van der Waals surface area contributed by atoms with Crippen molar-refractivity contribution in [2.75, 3.05) is 7.11 Å². The molecule has 0 N–H and O–H groups in total. The summed E-state index contributed by atoms with van der Waals surface area (Å²) in [6.07, 6.45) is 0. The van der Waals surface area contributed by atoms with Crippen LogP contribution in [0.4, 0.5) is 0 Å². The normalized spacial score (nSPS) is 11.7. The van der Waals surface area contributed by atoms with Gasteiger partial charge in [-0.2, -0.15) is 0 Å². The van der Waals surface area contributed by atoms with E-state index in [4.69, 9.17) is 9.15 Å². The van der Waals surface area contributed by atoms with E-state index >= 15 is 0 Å². The van der Waals surface area contributed by atoms with Crippen molar-refractivity contribution in [3.63, 3.8) is 0 Å². The van der Waals surface area contributed by atoms with E-state index < -0.39 is 0 Å². The van der Waals surface area contributed by atoms with Gasteiger partial charge < -0.3 is 9.15 Å². The molecule has 1 aromatic heterocycles. The Hall–Kier alpha value is -3.00. The molecule has 110 valence electrons. The molecule has 0 aliphatic heterocycles. The van der Waals surface area contributed by atoms with Crippen molar-refractivity contribution in [1.82, 2.24) is 0 Å². The highest BCUT2D eigenvalue weighted by Gasteiger charge is 2.10. The van der Waals surface area contributed by atoms with Crippen LogP contribution < -0.4 is 4.74 Å². The molecule has 4 aromatic carbocycles. The smallest absolute Gasteiger partial charge is 0.285 e. The van der Waals surface area contributed by atoms with Crippen molar-refractivity contribution in [3.8, 4) is 5.95 Å². The molecule has 0 spiro atoms. The van der Waals surface area contributed by atoms with Crippen LogP contribution in [0, 0.1) is 0 Å². The highest BCUT2D eigenvalue weighted by atomic mass is 16.6. The van der Waals surface area contributed by atoms with Gasteiger partial charge in [-0.05, 0) is 45.1 Å². The Kier molecular flexibility index (Phi) is 2.45. The van der Waals surface area contributed by atoms with Crippen LogP contribution in [0.3, 0.4) is 0 Å². The first-order valence-corrected chi connectivity index (χ1v) is 7.65. The predicted molar refractivity (Wildman–Crippen MR) is 95.3 cm³/mol. The second-order valence-corrected chi connectivity index (χ2v) is 5.83. The number of rotatable bonds is 1. The Morgan fingerprint density at radius 1 is 0.652 bits per heavy atom. The molecular formula is C21H14O2. The molecule has 23 heavy (non-hydrogen) atoms. The van der Waals surface area contributed by atoms with E-state index in [2.05, 4.69) is 60.7 Å². The molecule has 0 atom stereocenters. The van der Waals surface area contributed by atoms with Crippen LogP contribution in [-0.4, -0.2) is 7.11 Å². The average Bonchev–Trinajstić information content (AvgIpc) is 3.03. The molecule has 0 aliphatic rings. The topological polar surface area (TPSA) is 22.4 Å². The number of methoxy groups -OCH3 is 1.